The van der Waals surface area contributed by atoms with Gasteiger partial charge in [-0.3, -0.25) is 4.79 Å². The van der Waals surface area contributed by atoms with Gasteiger partial charge in [0.05, 0.1) is 0 Å². The zero-order valence-corrected chi connectivity index (χ0v) is 12.9. The van der Waals surface area contributed by atoms with Gasteiger partial charge >= 0.3 is 5.97 Å². The first-order valence-electron chi connectivity index (χ1n) is 7.51. The van der Waals surface area contributed by atoms with Crippen molar-refractivity contribution in [2.45, 2.75) is 52.9 Å². The van der Waals surface area contributed by atoms with Gasteiger partial charge in [-0.1, -0.05) is 56.5 Å². The summed E-state index contributed by atoms with van der Waals surface area (Å²) in [6.45, 7) is 6.01. The molecule has 0 fully saturated rings. The summed E-state index contributed by atoms with van der Waals surface area (Å²) in [5, 5.41) is 0. The summed E-state index contributed by atoms with van der Waals surface area (Å²) in [6, 6.07) is 8.65. The summed E-state index contributed by atoms with van der Waals surface area (Å²) in [5.74, 6) is -0.236. The van der Waals surface area contributed by atoms with Crippen LogP contribution in [-0.2, 0) is 16.0 Å². The number of benzene rings is 1. The summed E-state index contributed by atoms with van der Waals surface area (Å²) >= 11 is 0. The maximum atomic E-state index is 10.7. The maximum absolute atomic E-state index is 10.7. The van der Waals surface area contributed by atoms with Crippen LogP contribution in [0.5, 0.6) is 0 Å². The van der Waals surface area contributed by atoms with E-state index in [1.165, 1.54) is 38.2 Å². The minimum atomic E-state index is -0.236. The normalized spacial score (nSPS) is 11.4. The van der Waals surface area contributed by atoms with E-state index in [-0.39, 0.29) is 5.97 Å². The second-order valence-corrected chi connectivity index (χ2v) is 5.32. The lowest BCUT2D eigenvalue weighted by Crippen LogP contribution is -2.01. The van der Waals surface area contributed by atoms with E-state index in [0.29, 0.717) is 6.61 Å². The van der Waals surface area contributed by atoms with E-state index in [2.05, 4.69) is 37.3 Å². The Morgan fingerprint density at radius 3 is 2.40 bits per heavy atom. The highest BCUT2D eigenvalue weighted by Gasteiger charge is 1.97. The average Bonchev–Trinajstić information content (AvgIpc) is 2.43. The molecule has 0 unspecified atom stereocenters. The van der Waals surface area contributed by atoms with Crippen LogP contribution < -0.4 is 0 Å². The fourth-order valence-electron chi connectivity index (χ4n) is 2.08. The van der Waals surface area contributed by atoms with Crippen LogP contribution in [0.1, 0.15) is 57.6 Å². The van der Waals surface area contributed by atoms with E-state index in [0.717, 1.165) is 17.6 Å². The van der Waals surface area contributed by atoms with Gasteiger partial charge in [-0.25, -0.2) is 0 Å². The van der Waals surface area contributed by atoms with Gasteiger partial charge in [-0.15, -0.1) is 0 Å². The van der Waals surface area contributed by atoms with Gasteiger partial charge in [-0.2, -0.15) is 0 Å². The molecule has 1 aromatic carbocycles. The molecule has 0 atom stereocenters. The number of hydrogen-bond donors (Lipinski definition) is 0. The van der Waals surface area contributed by atoms with E-state index < -0.39 is 0 Å². The van der Waals surface area contributed by atoms with Gasteiger partial charge in [0.1, 0.15) is 6.61 Å². The molecule has 1 rings (SSSR count). The molecule has 0 radical (unpaired) electrons. The Labute approximate surface area is 122 Å². The minimum Gasteiger partial charge on any atom is -0.461 e. The predicted molar refractivity (Wildman–Crippen MR) is 84.6 cm³/mol. The molecule has 2 nitrogen and oxygen atoms in total. The average molecular weight is 274 g/mol. The number of unbranched alkanes of at least 4 members (excludes halogenated alkanes) is 3. The van der Waals surface area contributed by atoms with Gasteiger partial charge < -0.3 is 4.74 Å². The van der Waals surface area contributed by atoms with Gasteiger partial charge in [0.2, 0.25) is 0 Å². The summed E-state index contributed by atoms with van der Waals surface area (Å²) in [7, 11) is 0. The third kappa shape index (κ3) is 7.13. The Balaban J connectivity index is 2.45. The van der Waals surface area contributed by atoms with E-state index >= 15 is 0 Å². The Morgan fingerprint density at radius 1 is 1.10 bits per heavy atom. The van der Waals surface area contributed by atoms with Crippen LogP contribution in [0.2, 0.25) is 0 Å². The van der Waals surface area contributed by atoms with E-state index in [4.69, 9.17) is 4.74 Å². The lowest BCUT2D eigenvalue weighted by Gasteiger charge is -2.04. The summed E-state index contributed by atoms with van der Waals surface area (Å²) in [5.41, 5.74) is 3.61. The van der Waals surface area contributed by atoms with Gasteiger partial charge in [0.25, 0.3) is 0 Å². The highest BCUT2D eigenvalue weighted by atomic mass is 16.5. The largest absolute Gasteiger partial charge is 0.461 e. The molecule has 0 bridgehead atoms. The summed E-state index contributed by atoms with van der Waals surface area (Å²) in [4.78, 5) is 10.7. The SMILES string of the molecule is CCCCCCc1ccc(C=C(C)COC(C)=O)cc1. The molecule has 0 saturated heterocycles. The zero-order chi connectivity index (χ0) is 14.8. The number of rotatable bonds is 8. The molecule has 20 heavy (non-hydrogen) atoms. The molecule has 0 heterocycles. The monoisotopic (exact) mass is 274 g/mol. The van der Waals surface area contributed by atoms with Gasteiger partial charge in [0.15, 0.2) is 0 Å². The fraction of sp³-hybridized carbons (Fsp3) is 0.500. The molecule has 0 aliphatic rings. The fourth-order valence-corrected chi connectivity index (χ4v) is 2.08. The summed E-state index contributed by atoms with van der Waals surface area (Å²) in [6.07, 6.45) is 8.43. The van der Waals surface area contributed by atoms with Crippen LogP contribution in [0.25, 0.3) is 6.08 Å². The highest BCUT2D eigenvalue weighted by Crippen LogP contribution is 2.12. The Morgan fingerprint density at radius 2 is 1.80 bits per heavy atom. The number of carbonyl (C=O) groups excluding carboxylic acids is 1. The summed E-state index contributed by atoms with van der Waals surface area (Å²) < 4.78 is 4.97. The lowest BCUT2D eigenvalue weighted by molar-refractivity contribution is -0.139. The number of carbonyl (C=O) groups is 1. The van der Waals surface area contributed by atoms with Crippen molar-refractivity contribution in [3.8, 4) is 0 Å². The zero-order valence-electron chi connectivity index (χ0n) is 12.9. The van der Waals surface area contributed by atoms with Gasteiger partial charge in [0, 0.05) is 6.92 Å². The molecule has 0 N–H and O–H groups in total. The Kier molecular flexibility index (Phi) is 7.71. The van der Waals surface area contributed by atoms with E-state index in [9.17, 15) is 4.79 Å². The van der Waals surface area contributed by atoms with Crippen molar-refractivity contribution in [3.05, 3.63) is 41.0 Å². The standard InChI is InChI=1S/C18H26O2/c1-4-5-6-7-8-17-9-11-18(12-10-17)13-15(2)14-20-16(3)19/h9-13H,4-8,14H2,1-3H3. The van der Waals surface area contributed by atoms with Crippen LogP contribution in [0.4, 0.5) is 0 Å². The maximum Gasteiger partial charge on any atom is 0.302 e. The highest BCUT2D eigenvalue weighted by molar-refractivity contribution is 5.66. The molecular formula is C18H26O2. The molecule has 0 spiro atoms. The molecule has 0 aliphatic heterocycles. The Hall–Kier alpha value is -1.57. The van der Waals surface area contributed by atoms with Crippen molar-refractivity contribution >= 4 is 12.0 Å². The van der Waals surface area contributed by atoms with Crippen LogP contribution in [0, 0.1) is 0 Å². The molecule has 1 aromatic rings. The lowest BCUT2D eigenvalue weighted by atomic mass is 10.0. The van der Waals surface area contributed by atoms with Crippen molar-refractivity contribution < 1.29 is 9.53 Å². The van der Waals surface area contributed by atoms with Crippen molar-refractivity contribution in [1.29, 1.82) is 0 Å². The van der Waals surface area contributed by atoms with Crippen LogP contribution in [-0.4, -0.2) is 12.6 Å². The third-order valence-corrected chi connectivity index (χ3v) is 3.21. The van der Waals surface area contributed by atoms with E-state index in [1.807, 2.05) is 6.92 Å². The molecule has 0 amide bonds. The Bertz CT molecular complexity index is 429. The molecule has 0 aliphatic carbocycles. The second-order valence-electron chi connectivity index (χ2n) is 5.32. The van der Waals surface area contributed by atoms with Gasteiger partial charge in [-0.05, 0) is 36.5 Å². The van der Waals surface area contributed by atoms with Crippen molar-refractivity contribution in [1.82, 2.24) is 0 Å². The van der Waals surface area contributed by atoms with Crippen molar-refractivity contribution in [3.63, 3.8) is 0 Å². The van der Waals surface area contributed by atoms with Crippen molar-refractivity contribution in [2.75, 3.05) is 6.61 Å². The molecular weight excluding hydrogens is 248 g/mol. The smallest absolute Gasteiger partial charge is 0.302 e. The number of aryl methyl sites for hydroxylation is 1. The topological polar surface area (TPSA) is 26.3 Å². The molecule has 110 valence electrons. The molecule has 2 heteroatoms. The van der Waals surface area contributed by atoms with Crippen LogP contribution >= 0.6 is 0 Å². The third-order valence-electron chi connectivity index (χ3n) is 3.21. The number of hydrogen-bond acceptors (Lipinski definition) is 2. The molecule has 0 aromatic heterocycles. The first-order chi connectivity index (χ1) is 9.61. The first-order valence-corrected chi connectivity index (χ1v) is 7.51. The van der Waals surface area contributed by atoms with Crippen molar-refractivity contribution in [2.24, 2.45) is 0 Å². The number of esters is 1. The van der Waals surface area contributed by atoms with E-state index in [1.54, 1.807) is 0 Å². The second kappa shape index (κ2) is 9.35. The predicted octanol–water partition coefficient (Wildman–Crippen LogP) is 4.78. The first kappa shape index (κ1) is 16.5. The molecule has 0 saturated carbocycles. The number of ether oxygens (including phenoxy) is 1. The quantitative estimate of drug-likeness (QED) is 0.504. The van der Waals surface area contributed by atoms with Crippen LogP contribution in [0.3, 0.4) is 0 Å². The minimum absolute atomic E-state index is 0.236. The van der Waals surface area contributed by atoms with Crippen LogP contribution in [0.15, 0.2) is 29.8 Å².